The number of fused-ring (bicyclic) bond motifs is 1. The van der Waals surface area contributed by atoms with Crippen LogP contribution in [-0.4, -0.2) is 89.6 Å². The van der Waals surface area contributed by atoms with Crippen LogP contribution >= 0.6 is 11.6 Å². The van der Waals surface area contributed by atoms with E-state index in [1.165, 1.54) is 0 Å². The lowest BCUT2D eigenvalue weighted by Crippen LogP contribution is -2.52. The van der Waals surface area contributed by atoms with Crippen molar-refractivity contribution in [2.75, 3.05) is 57.8 Å². The average molecular weight is 593 g/mol. The molecule has 42 heavy (non-hydrogen) atoms. The molecule has 1 aromatic heterocycles. The second kappa shape index (κ2) is 12.0. The van der Waals surface area contributed by atoms with Crippen LogP contribution < -0.4 is 20.1 Å². The first-order chi connectivity index (χ1) is 20.4. The molecule has 2 fully saturated rings. The Kier molecular flexibility index (Phi) is 8.03. The molecule has 2 aromatic carbocycles. The Morgan fingerprint density at radius 3 is 2.40 bits per heavy atom. The van der Waals surface area contributed by atoms with Crippen LogP contribution in [0.2, 0.25) is 5.02 Å². The van der Waals surface area contributed by atoms with Gasteiger partial charge in [0.15, 0.2) is 17.3 Å². The number of carbonyl (C=O) groups is 3. The van der Waals surface area contributed by atoms with E-state index in [1.807, 2.05) is 23.1 Å². The molecule has 6 rings (SSSR count). The molecular weight excluding hydrogens is 560 g/mol. The number of aromatic nitrogens is 2. The first kappa shape index (κ1) is 28.0. The van der Waals surface area contributed by atoms with Gasteiger partial charge in [-0.3, -0.25) is 14.4 Å². The first-order valence-corrected chi connectivity index (χ1v) is 14.6. The standard InChI is InChI=1S/C30H33ClN6O5/c1-35-24(20-2-5-25-26(16-20)42-15-14-41-25)18-33-27(35)28(38)34-21-3-4-22(23(31)17-21)30(40)37-12-10-36(11-13-37)29(39)19-6-8-32-9-7-19/h2-5,16-19,32H,6-15H2,1H3,(H,34,38). The zero-order valence-electron chi connectivity index (χ0n) is 23.4. The summed E-state index contributed by atoms with van der Waals surface area (Å²) >= 11 is 6.51. The highest BCUT2D eigenvalue weighted by Crippen LogP contribution is 2.34. The van der Waals surface area contributed by atoms with Crippen LogP contribution in [0.4, 0.5) is 5.69 Å². The van der Waals surface area contributed by atoms with Gasteiger partial charge in [-0.25, -0.2) is 4.98 Å². The number of ether oxygens (including phenoxy) is 2. The van der Waals surface area contributed by atoms with Crippen LogP contribution in [0.3, 0.4) is 0 Å². The molecule has 0 spiro atoms. The van der Waals surface area contributed by atoms with Gasteiger partial charge in [0.2, 0.25) is 5.91 Å². The quantitative estimate of drug-likeness (QED) is 0.467. The molecule has 3 amide bonds. The normalized spacial score (nSPS) is 17.2. The largest absolute Gasteiger partial charge is 0.486 e. The van der Waals surface area contributed by atoms with Gasteiger partial charge in [0.25, 0.3) is 11.8 Å². The predicted octanol–water partition coefficient (Wildman–Crippen LogP) is 3.05. The molecule has 4 heterocycles. The number of hydrogen-bond acceptors (Lipinski definition) is 7. The van der Waals surface area contributed by atoms with Crippen molar-refractivity contribution in [3.05, 3.63) is 59.0 Å². The minimum Gasteiger partial charge on any atom is -0.486 e. The first-order valence-electron chi connectivity index (χ1n) is 14.2. The molecule has 0 radical (unpaired) electrons. The molecule has 0 aliphatic carbocycles. The van der Waals surface area contributed by atoms with Gasteiger partial charge in [0.1, 0.15) is 13.2 Å². The van der Waals surface area contributed by atoms with E-state index >= 15 is 0 Å². The Hall–Kier alpha value is -4.09. The molecule has 0 atom stereocenters. The molecule has 3 aliphatic heterocycles. The molecule has 3 aromatic rings. The molecule has 2 saturated heterocycles. The number of rotatable bonds is 5. The van der Waals surface area contributed by atoms with Crippen LogP contribution in [0.25, 0.3) is 11.3 Å². The average Bonchev–Trinajstić information content (AvgIpc) is 3.42. The number of amides is 3. The van der Waals surface area contributed by atoms with Gasteiger partial charge in [0, 0.05) is 50.4 Å². The van der Waals surface area contributed by atoms with E-state index in [9.17, 15) is 14.4 Å². The molecule has 0 saturated carbocycles. The van der Waals surface area contributed by atoms with Crippen molar-refractivity contribution in [3.63, 3.8) is 0 Å². The number of piperazine rings is 1. The van der Waals surface area contributed by atoms with Crippen molar-refractivity contribution in [2.24, 2.45) is 13.0 Å². The van der Waals surface area contributed by atoms with E-state index in [0.29, 0.717) is 62.1 Å². The summed E-state index contributed by atoms with van der Waals surface area (Å²) in [6.07, 6.45) is 3.35. The van der Waals surface area contributed by atoms with Gasteiger partial charge in [-0.05, 0) is 62.3 Å². The third kappa shape index (κ3) is 5.66. The summed E-state index contributed by atoms with van der Waals surface area (Å²) in [4.78, 5) is 47.1. The van der Waals surface area contributed by atoms with Crippen LogP contribution in [0.15, 0.2) is 42.6 Å². The number of hydrogen-bond donors (Lipinski definition) is 2. The number of nitrogens with one attached hydrogen (secondary N) is 2. The fourth-order valence-electron chi connectivity index (χ4n) is 5.67. The summed E-state index contributed by atoms with van der Waals surface area (Å²) < 4.78 is 13.0. The maximum absolute atomic E-state index is 13.2. The van der Waals surface area contributed by atoms with E-state index in [4.69, 9.17) is 21.1 Å². The number of piperidine rings is 1. The number of nitrogens with zero attached hydrogens (tertiary/aromatic N) is 4. The molecule has 220 valence electrons. The van der Waals surface area contributed by atoms with Crippen molar-refractivity contribution in [3.8, 4) is 22.8 Å². The Morgan fingerprint density at radius 2 is 1.67 bits per heavy atom. The van der Waals surface area contributed by atoms with Crippen LogP contribution in [0.1, 0.15) is 33.8 Å². The van der Waals surface area contributed by atoms with Crippen LogP contribution in [-0.2, 0) is 11.8 Å². The van der Waals surface area contributed by atoms with Crippen molar-refractivity contribution in [1.29, 1.82) is 0 Å². The summed E-state index contributed by atoms with van der Waals surface area (Å²) in [6.45, 7) is 4.67. The highest BCUT2D eigenvalue weighted by molar-refractivity contribution is 6.34. The zero-order chi connectivity index (χ0) is 29.2. The lowest BCUT2D eigenvalue weighted by atomic mass is 9.96. The lowest BCUT2D eigenvalue weighted by molar-refractivity contribution is -0.137. The van der Waals surface area contributed by atoms with E-state index in [-0.39, 0.29) is 28.6 Å². The third-order valence-corrected chi connectivity index (χ3v) is 8.37. The Labute approximate surface area is 248 Å². The smallest absolute Gasteiger partial charge is 0.291 e. The molecule has 2 N–H and O–H groups in total. The van der Waals surface area contributed by atoms with Crippen LogP contribution in [0.5, 0.6) is 11.5 Å². The lowest BCUT2D eigenvalue weighted by Gasteiger charge is -2.37. The molecule has 0 unspecified atom stereocenters. The summed E-state index contributed by atoms with van der Waals surface area (Å²) in [5.41, 5.74) is 2.39. The van der Waals surface area contributed by atoms with E-state index < -0.39 is 5.91 Å². The summed E-state index contributed by atoms with van der Waals surface area (Å²) in [5, 5.41) is 6.35. The van der Waals surface area contributed by atoms with Gasteiger partial charge >= 0.3 is 0 Å². The van der Waals surface area contributed by atoms with Gasteiger partial charge < -0.3 is 34.5 Å². The van der Waals surface area contributed by atoms with Gasteiger partial charge in [0.05, 0.1) is 22.5 Å². The third-order valence-electron chi connectivity index (χ3n) is 8.05. The van der Waals surface area contributed by atoms with Crippen molar-refractivity contribution in [2.45, 2.75) is 12.8 Å². The van der Waals surface area contributed by atoms with Crippen molar-refractivity contribution < 1.29 is 23.9 Å². The molecule has 12 heteroatoms. The second-order valence-electron chi connectivity index (χ2n) is 10.7. The minimum atomic E-state index is -0.411. The molecular formula is C30H33ClN6O5. The van der Waals surface area contributed by atoms with Gasteiger partial charge in [-0.1, -0.05) is 11.6 Å². The second-order valence-corrected chi connectivity index (χ2v) is 11.1. The maximum atomic E-state index is 13.2. The zero-order valence-corrected chi connectivity index (χ0v) is 24.2. The van der Waals surface area contributed by atoms with Gasteiger partial charge in [-0.15, -0.1) is 0 Å². The highest BCUT2D eigenvalue weighted by Gasteiger charge is 2.30. The fraction of sp³-hybridized carbons (Fsp3) is 0.400. The molecule has 0 bridgehead atoms. The minimum absolute atomic E-state index is 0.0661. The predicted molar refractivity (Wildman–Crippen MR) is 157 cm³/mol. The monoisotopic (exact) mass is 592 g/mol. The van der Waals surface area contributed by atoms with Crippen molar-refractivity contribution in [1.82, 2.24) is 24.7 Å². The van der Waals surface area contributed by atoms with Crippen LogP contribution in [0, 0.1) is 5.92 Å². The van der Waals surface area contributed by atoms with E-state index in [0.717, 1.165) is 37.2 Å². The summed E-state index contributed by atoms with van der Waals surface area (Å²) in [6, 6.07) is 10.4. The SMILES string of the molecule is Cn1c(-c2ccc3c(c2)OCCO3)cnc1C(=O)Nc1ccc(C(=O)N2CCN(C(=O)C3CCNCC3)CC2)c(Cl)c1. The number of imidazole rings is 1. The van der Waals surface area contributed by atoms with E-state index in [2.05, 4.69) is 15.6 Å². The molecule has 11 nitrogen and oxygen atoms in total. The summed E-state index contributed by atoms with van der Waals surface area (Å²) in [5.74, 6) is 1.21. The Balaban J connectivity index is 1.08. The number of benzene rings is 2. The number of carbonyl (C=O) groups excluding carboxylic acids is 3. The summed E-state index contributed by atoms with van der Waals surface area (Å²) in [7, 11) is 1.77. The van der Waals surface area contributed by atoms with Crippen molar-refractivity contribution >= 4 is 35.0 Å². The number of anilines is 1. The fourth-order valence-corrected chi connectivity index (χ4v) is 5.93. The maximum Gasteiger partial charge on any atom is 0.291 e. The highest BCUT2D eigenvalue weighted by atomic mass is 35.5. The topological polar surface area (TPSA) is 118 Å². The number of halogens is 1. The Morgan fingerprint density at radius 1 is 0.952 bits per heavy atom. The molecule has 3 aliphatic rings. The van der Waals surface area contributed by atoms with Gasteiger partial charge in [-0.2, -0.15) is 0 Å². The van der Waals surface area contributed by atoms with E-state index in [1.54, 1.807) is 40.9 Å². The Bertz CT molecular complexity index is 1510.